The normalized spacial score (nSPS) is 15.0. The lowest BCUT2D eigenvalue weighted by molar-refractivity contribution is -0.138. The second-order valence-electron chi connectivity index (χ2n) is 11.0. The van der Waals surface area contributed by atoms with Gasteiger partial charge in [-0.25, -0.2) is 4.79 Å². The minimum absolute atomic E-state index is 0.119. The van der Waals surface area contributed by atoms with Gasteiger partial charge in [0, 0.05) is 37.5 Å². The summed E-state index contributed by atoms with van der Waals surface area (Å²) in [5, 5.41) is 17.2. The number of benzene rings is 3. The Bertz CT molecular complexity index is 1420. The molecule has 222 valence electrons. The van der Waals surface area contributed by atoms with Crippen molar-refractivity contribution in [3.8, 4) is 11.1 Å². The van der Waals surface area contributed by atoms with Gasteiger partial charge in [-0.05, 0) is 65.6 Å². The maximum absolute atomic E-state index is 13.8. The molecule has 0 radical (unpaired) electrons. The van der Waals surface area contributed by atoms with Crippen molar-refractivity contribution in [1.29, 1.82) is 0 Å². The van der Waals surface area contributed by atoms with Gasteiger partial charge in [0.2, 0.25) is 11.8 Å². The number of hydrogen-bond acceptors (Lipinski definition) is 6. The van der Waals surface area contributed by atoms with Gasteiger partial charge in [0.1, 0.15) is 6.04 Å². The van der Waals surface area contributed by atoms with Gasteiger partial charge in [0.25, 0.3) is 0 Å². The number of nitrogens with zero attached hydrogens (tertiary/aromatic N) is 1. The molecule has 0 saturated heterocycles. The van der Waals surface area contributed by atoms with E-state index in [0.717, 1.165) is 38.3 Å². The molecule has 6 N–H and O–H groups in total. The minimum atomic E-state index is -1.10. The highest BCUT2D eigenvalue weighted by Gasteiger charge is 2.33. The monoisotopic (exact) mass is 589 g/mol. The molecular formula is C32H39N5O4S. The largest absolute Gasteiger partial charge is 0.395 e. The molecule has 1 aliphatic rings. The Morgan fingerprint density at radius 2 is 1.79 bits per heavy atom. The van der Waals surface area contributed by atoms with Crippen LogP contribution in [0.2, 0.25) is 0 Å². The maximum atomic E-state index is 13.8. The summed E-state index contributed by atoms with van der Waals surface area (Å²) in [6.07, 6.45) is 2.42. The first-order valence-electron chi connectivity index (χ1n) is 13.9. The van der Waals surface area contributed by atoms with Crippen LogP contribution >= 0.6 is 11.8 Å². The third kappa shape index (κ3) is 7.90. The maximum Gasteiger partial charge on any atom is 0.315 e. The third-order valence-electron chi connectivity index (χ3n) is 7.19. The number of hydrogen-bond donors (Lipinski definition) is 5. The van der Waals surface area contributed by atoms with Crippen LogP contribution in [0.25, 0.3) is 11.1 Å². The van der Waals surface area contributed by atoms with Crippen LogP contribution in [0.3, 0.4) is 0 Å². The second kappa shape index (κ2) is 13.9. The zero-order chi connectivity index (χ0) is 30.3. The first-order chi connectivity index (χ1) is 20.1. The van der Waals surface area contributed by atoms with Gasteiger partial charge in [0.15, 0.2) is 0 Å². The zero-order valence-electron chi connectivity index (χ0n) is 24.3. The SMILES string of the molecule is CSc1ccc2c(c1)C[C@@H](NC(=O)C(C)(C)N)C(=O)N(Cc1ccc(-c3ccccc3CNC(=O)NCCO)cc1)C2. The number of carbonyl (C=O) groups excluding carboxylic acids is 3. The highest BCUT2D eigenvalue weighted by Crippen LogP contribution is 2.28. The van der Waals surface area contributed by atoms with Crippen LogP contribution in [0, 0.1) is 0 Å². The average molecular weight is 590 g/mol. The number of aliphatic hydroxyl groups is 1. The van der Waals surface area contributed by atoms with Crippen molar-refractivity contribution in [3.63, 3.8) is 0 Å². The molecule has 0 spiro atoms. The first kappa shape index (κ1) is 31.1. The summed E-state index contributed by atoms with van der Waals surface area (Å²) in [4.78, 5) is 41.4. The van der Waals surface area contributed by atoms with Crippen LogP contribution in [0.5, 0.6) is 0 Å². The topological polar surface area (TPSA) is 137 Å². The summed E-state index contributed by atoms with van der Waals surface area (Å²) in [7, 11) is 0. The minimum Gasteiger partial charge on any atom is -0.395 e. The van der Waals surface area contributed by atoms with E-state index >= 15 is 0 Å². The fourth-order valence-electron chi connectivity index (χ4n) is 4.85. The lowest BCUT2D eigenvalue weighted by Crippen LogP contribution is -2.56. The number of carbonyl (C=O) groups is 3. The molecule has 1 heterocycles. The Hall–Kier alpha value is -3.86. The lowest BCUT2D eigenvalue weighted by Gasteiger charge is -2.27. The van der Waals surface area contributed by atoms with E-state index in [9.17, 15) is 14.4 Å². The molecule has 4 amide bonds. The Morgan fingerprint density at radius 3 is 2.48 bits per heavy atom. The van der Waals surface area contributed by atoms with Crippen molar-refractivity contribution in [2.45, 2.75) is 56.4 Å². The fraction of sp³-hybridized carbons (Fsp3) is 0.344. The number of nitrogens with one attached hydrogen (secondary N) is 3. The van der Waals surface area contributed by atoms with E-state index in [1.54, 1.807) is 30.5 Å². The van der Waals surface area contributed by atoms with E-state index in [-0.39, 0.29) is 31.0 Å². The van der Waals surface area contributed by atoms with E-state index in [1.807, 2.05) is 54.8 Å². The molecule has 0 unspecified atom stereocenters. The molecule has 1 atom stereocenters. The number of aliphatic hydroxyl groups excluding tert-OH is 1. The molecule has 1 aliphatic heterocycles. The first-order valence-corrected chi connectivity index (χ1v) is 15.2. The summed E-state index contributed by atoms with van der Waals surface area (Å²) in [5.41, 5.74) is 10.9. The number of nitrogens with two attached hydrogens (primary N) is 1. The van der Waals surface area contributed by atoms with Crippen LogP contribution in [-0.4, -0.2) is 58.8 Å². The Morgan fingerprint density at radius 1 is 1.05 bits per heavy atom. The molecule has 0 aromatic heterocycles. The molecule has 10 heteroatoms. The van der Waals surface area contributed by atoms with Gasteiger partial charge >= 0.3 is 6.03 Å². The number of urea groups is 1. The Kier molecular flexibility index (Phi) is 10.3. The van der Waals surface area contributed by atoms with Crippen molar-refractivity contribution in [1.82, 2.24) is 20.9 Å². The Labute approximate surface area is 251 Å². The van der Waals surface area contributed by atoms with Gasteiger partial charge in [-0.2, -0.15) is 0 Å². The predicted octanol–water partition coefficient (Wildman–Crippen LogP) is 3.17. The molecule has 4 rings (SSSR count). The van der Waals surface area contributed by atoms with E-state index in [0.29, 0.717) is 26.1 Å². The summed E-state index contributed by atoms with van der Waals surface area (Å²) >= 11 is 1.64. The molecule has 3 aromatic carbocycles. The van der Waals surface area contributed by atoms with Crippen LogP contribution in [0.4, 0.5) is 4.79 Å². The van der Waals surface area contributed by atoms with E-state index < -0.39 is 11.6 Å². The quantitative estimate of drug-likeness (QED) is 0.231. The van der Waals surface area contributed by atoms with Crippen LogP contribution in [0.15, 0.2) is 71.6 Å². The summed E-state index contributed by atoms with van der Waals surface area (Å²) in [6.45, 7) is 4.49. The average Bonchev–Trinajstić information content (AvgIpc) is 3.10. The molecule has 0 saturated carbocycles. The van der Waals surface area contributed by atoms with Crippen molar-refractivity contribution in [3.05, 3.63) is 89.0 Å². The zero-order valence-corrected chi connectivity index (χ0v) is 25.1. The highest BCUT2D eigenvalue weighted by molar-refractivity contribution is 7.98. The summed E-state index contributed by atoms with van der Waals surface area (Å²) < 4.78 is 0. The lowest BCUT2D eigenvalue weighted by atomic mass is 9.98. The van der Waals surface area contributed by atoms with Crippen LogP contribution in [-0.2, 0) is 35.6 Å². The smallest absolute Gasteiger partial charge is 0.315 e. The van der Waals surface area contributed by atoms with Gasteiger partial charge in [-0.3, -0.25) is 9.59 Å². The summed E-state index contributed by atoms with van der Waals surface area (Å²) in [5.74, 6) is -0.511. The Balaban J connectivity index is 1.54. The van der Waals surface area contributed by atoms with Crippen molar-refractivity contribution < 1.29 is 19.5 Å². The fourth-order valence-corrected chi connectivity index (χ4v) is 5.31. The molecule has 0 fully saturated rings. The predicted molar refractivity (Wildman–Crippen MR) is 166 cm³/mol. The second-order valence-corrected chi connectivity index (χ2v) is 11.8. The molecule has 0 aliphatic carbocycles. The van der Waals surface area contributed by atoms with E-state index in [2.05, 4.69) is 34.1 Å². The van der Waals surface area contributed by atoms with Crippen LogP contribution < -0.4 is 21.7 Å². The number of rotatable bonds is 10. The molecule has 0 bridgehead atoms. The number of amides is 4. The van der Waals surface area contributed by atoms with Crippen LogP contribution in [0.1, 0.15) is 36.1 Å². The van der Waals surface area contributed by atoms with E-state index in [1.165, 1.54) is 0 Å². The highest BCUT2D eigenvalue weighted by atomic mass is 32.2. The van der Waals surface area contributed by atoms with Crippen molar-refractivity contribution in [2.75, 3.05) is 19.4 Å². The molecule has 42 heavy (non-hydrogen) atoms. The summed E-state index contributed by atoms with van der Waals surface area (Å²) in [6, 6.07) is 21.0. The number of fused-ring (bicyclic) bond motifs is 1. The van der Waals surface area contributed by atoms with Crippen molar-refractivity contribution >= 4 is 29.6 Å². The molecule has 3 aromatic rings. The third-order valence-corrected chi connectivity index (χ3v) is 7.92. The molecule has 9 nitrogen and oxygen atoms in total. The van der Waals surface area contributed by atoms with Crippen molar-refractivity contribution in [2.24, 2.45) is 5.73 Å². The van der Waals surface area contributed by atoms with E-state index in [4.69, 9.17) is 10.8 Å². The van der Waals surface area contributed by atoms with Gasteiger partial charge in [-0.1, -0.05) is 54.6 Å². The van der Waals surface area contributed by atoms with Gasteiger partial charge in [0.05, 0.1) is 12.1 Å². The van der Waals surface area contributed by atoms with Gasteiger partial charge in [-0.15, -0.1) is 11.8 Å². The standard InChI is InChI=1S/C32H39N5O4S/c1-32(2,33)30(40)36-28-17-25-16-26(42-3)13-12-24(25)20-37(29(28)39)19-21-8-10-22(11-9-21)27-7-5-4-6-23(27)18-35-31(41)34-14-15-38/h4-13,16,28,38H,14-15,17-20,33H2,1-3H3,(H,36,40)(H2,34,35,41)/t28-/m1/s1. The number of thioether (sulfide) groups is 1. The molecular weight excluding hydrogens is 550 g/mol. The van der Waals surface area contributed by atoms with Gasteiger partial charge < -0.3 is 31.7 Å².